The smallest absolute Gasteiger partial charge is 0.338 e. The number of hydrogen-bond acceptors (Lipinski definition) is 6. The maximum Gasteiger partial charge on any atom is 0.338 e. The standard InChI is InChI=1S/C22H25NO6/c1-4-14(2)16-7-5-6-8-17(16)23-20(24)13-29-22(25)15-11-18(26-3)21-19(12-15)27-9-10-28-21/h5-8,11-12,14H,4,9-10,13H2,1-3H3,(H,23,24)/t14-/m1/s1. The maximum absolute atomic E-state index is 12.4. The highest BCUT2D eigenvalue weighted by Crippen LogP contribution is 2.40. The van der Waals surface area contributed by atoms with Gasteiger partial charge in [-0.3, -0.25) is 4.79 Å². The number of ether oxygens (including phenoxy) is 4. The monoisotopic (exact) mass is 399 g/mol. The maximum atomic E-state index is 12.4. The number of esters is 1. The summed E-state index contributed by atoms with van der Waals surface area (Å²) in [5, 5.41) is 2.82. The van der Waals surface area contributed by atoms with Gasteiger partial charge in [0.05, 0.1) is 12.7 Å². The summed E-state index contributed by atoms with van der Waals surface area (Å²) in [6.07, 6.45) is 0.952. The van der Waals surface area contributed by atoms with Gasteiger partial charge in [-0.25, -0.2) is 4.79 Å². The van der Waals surface area contributed by atoms with Crippen molar-refractivity contribution in [1.29, 1.82) is 0 Å². The van der Waals surface area contributed by atoms with Crippen molar-refractivity contribution in [2.24, 2.45) is 0 Å². The first-order valence-electron chi connectivity index (χ1n) is 9.57. The Kier molecular flexibility index (Phi) is 6.59. The highest BCUT2D eigenvalue weighted by Gasteiger charge is 2.22. The summed E-state index contributed by atoms with van der Waals surface area (Å²) >= 11 is 0. The summed E-state index contributed by atoms with van der Waals surface area (Å²) in [5.74, 6) is 0.494. The van der Waals surface area contributed by atoms with E-state index in [0.717, 1.165) is 17.7 Å². The lowest BCUT2D eigenvalue weighted by Gasteiger charge is -2.21. The molecule has 0 aromatic heterocycles. The minimum absolute atomic E-state index is 0.221. The zero-order valence-corrected chi connectivity index (χ0v) is 16.8. The van der Waals surface area contributed by atoms with E-state index in [1.165, 1.54) is 19.2 Å². The number of carbonyl (C=O) groups is 2. The van der Waals surface area contributed by atoms with E-state index < -0.39 is 18.5 Å². The molecular weight excluding hydrogens is 374 g/mol. The summed E-state index contributed by atoms with van der Waals surface area (Å²) in [5.41, 5.74) is 1.99. The number of rotatable bonds is 7. The summed E-state index contributed by atoms with van der Waals surface area (Å²) in [4.78, 5) is 24.7. The van der Waals surface area contributed by atoms with Gasteiger partial charge in [-0.05, 0) is 36.1 Å². The Balaban J connectivity index is 1.65. The topological polar surface area (TPSA) is 83.1 Å². The molecule has 2 aromatic carbocycles. The predicted molar refractivity (Wildman–Crippen MR) is 108 cm³/mol. The third-order valence-corrected chi connectivity index (χ3v) is 4.78. The number of benzene rings is 2. The highest BCUT2D eigenvalue weighted by atomic mass is 16.6. The minimum Gasteiger partial charge on any atom is -0.493 e. The second kappa shape index (κ2) is 9.32. The van der Waals surface area contributed by atoms with Crippen LogP contribution in [0, 0.1) is 0 Å². The average molecular weight is 399 g/mol. The van der Waals surface area contributed by atoms with Gasteiger partial charge >= 0.3 is 5.97 Å². The van der Waals surface area contributed by atoms with Crippen LogP contribution in [-0.2, 0) is 9.53 Å². The normalized spacial score (nSPS) is 13.3. The van der Waals surface area contributed by atoms with Crippen molar-refractivity contribution < 1.29 is 28.5 Å². The average Bonchev–Trinajstić information content (AvgIpc) is 2.76. The third-order valence-electron chi connectivity index (χ3n) is 4.78. The molecule has 7 nitrogen and oxygen atoms in total. The van der Waals surface area contributed by atoms with Crippen molar-refractivity contribution in [1.82, 2.24) is 0 Å². The molecule has 0 spiro atoms. The van der Waals surface area contributed by atoms with E-state index >= 15 is 0 Å². The van der Waals surface area contributed by atoms with E-state index in [9.17, 15) is 9.59 Å². The molecule has 7 heteroatoms. The molecule has 0 aliphatic carbocycles. The van der Waals surface area contributed by atoms with Gasteiger partial charge in [0, 0.05) is 5.69 Å². The zero-order chi connectivity index (χ0) is 20.8. The van der Waals surface area contributed by atoms with Crippen LogP contribution in [0.4, 0.5) is 5.69 Å². The van der Waals surface area contributed by atoms with Crippen LogP contribution < -0.4 is 19.5 Å². The Morgan fingerprint density at radius 3 is 2.69 bits per heavy atom. The predicted octanol–water partition coefficient (Wildman–Crippen LogP) is 3.78. The molecule has 1 atom stereocenters. The van der Waals surface area contributed by atoms with Gasteiger partial charge in [0.25, 0.3) is 5.91 Å². The second-order valence-corrected chi connectivity index (χ2v) is 6.72. The molecule has 154 valence electrons. The molecule has 29 heavy (non-hydrogen) atoms. The van der Waals surface area contributed by atoms with Crippen molar-refractivity contribution in [2.45, 2.75) is 26.2 Å². The molecule has 0 radical (unpaired) electrons. The molecule has 1 amide bonds. The summed E-state index contributed by atoms with van der Waals surface area (Å²) in [6.45, 7) is 4.58. The van der Waals surface area contributed by atoms with E-state index in [0.29, 0.717) is 36.4 Å². The number of nitrogens with one attached hydrogen (secondary N) is 1. The summed E-state index contributed by atoms with van der Waals surface area (Å²) in [7, 11) is 1.48. The highest BCUT2D eigenvalue weighted by molar-refractivity contribution is 5.96. The van der Waals surface area contributed by atoms with E-state index in [2.05, 4.69) is 19.2 Å². The van der Waals surface area contributed by atoms with Crippen LogP contribution in [0.15, 0.2) is 36.4 Å². The minimum atomic E-state index is -0.648. The SMILES string of the molecule is CC[C@@H](C)c1ccccc1NC(=O)COC(=O)c1cc(OC)c2c(c1)OCCO2. The number of methoxy groups -OCH3 is 1. The molecule has 2 aromatic rings. The van der Waals surface area contributed by atoms with Crippen LogP contribution >= 0.6 is 0 Å². The van der Waals surface area contributed by atoms with Gasteiger partial charge < -0.3 is 24.3 Å². The molecule has 3 rings (SSSR count). The lowest BCUT2D eigenvalue weighted by atomic mass is 9.97. The first kappa shape index (κ1) is 20.5. The van der Waals surface area contributed by atoms with E-state index in [1.807, 2.05) is 24.3 Å². The second-order valence-electron chi connectivity index (χ2n) is 6.72. The van der Waals surface area contributed by atoms with Crippen LogP contribution in [0.1, 0.15) is 42.1 Å². The van der Waals surface area contributed by atoms with Crippen LogP contribution in [0.3, 0.4) is 0 Å². The molecule has 1 N–H and O–H groups in total. The fourth-order valence-corrected chi connectivity index (χ4v) is 3.05. The number of anilines is 1. The number of fused-ring (bicyclic) bond motifs is 1. The molecule has 0 fully saturated rings. The quantitative estimate of drug-likeness (QED) is 0.714. The Bertz CT molecular complexity index is 878. The Morgan fingerprint density at radius 2 is 1.93 bits per heavy atom. The molecule has 1 aliphatic rings. The first-order chi connectivity index (χ1) is 14.0. The van der Waals surface area contributed by atoms with Gasteiger partial charge in [-0.2, -0.15) is 0 Å². The van der Waals surface area contributed by atoms with Gasteiger partial charge in [-0.1, -0.05) is 32.0 Å². The zero-order valence-electron chi connectivity index (χ0n) is 16.8. The van der Waals surface area contributed by atoms with E-state index in [1.54, 1.807) is 0 Å². The number of carbonyl (C=O) groups excluding carboxylic acids is 2. The molecule has 1 heterocycles. The lowest BCUT2D eigenvalue weighted by Crippen LogP contribution is -2.22. The molecule has 0 unspecified atom stereocenters. The third kappa shape index (κ3) is 4.80. The van der Waals surface area contributed by atoms with Gasteiger partial charge in [0.2, 0.25) is 5.75 Å². The molecule has 0 bridgehead atoms. The van der Waals surface area contributed by atoms with Gasteiger partial charge in [0.1, 0.15) is 13.2 Å². The first-order valence-corrected chi connectivity index (χ1v) is 9.57. The van der Waals surface area contributed by atoms with Gasteiger partial charge in [0.15, 0.2) is 18.1 Å². The molecular formula is C22H25NO6. The fraction of sp³-hybridized carbons (Fsp3) is 0.364. The van der Waals surface area contributed by atoms with Gasteiger partial charge in [-0.15, -0.1) is 0 Å². The van der Waals surface area contributed by atoms with Crippen molar-refractivity contribution in [3.05, 3.63) is 47.5 Å². The van der Waals surface area contributed by atoms with Crippen LogP contribution in [0.5, 0.6) is 17.2 Å². The Labute approximate surface area is 169 Å². The van der Waals surface area contributed by atoms with Crippen molar-refractivity contribution in [3.63, 3.8) is 0 Å². The Hall–Kier alpha value is -3.22. The van der Waals surface area contributed by atoms with Crippen molar-refractivity contribution >= 4 is 17.6 Å². The van der Waals surface area contributed by atoms with Crippen molar-refractivity contribution in [2.75, 3.05) is 32.2 Å². The van der Waals surface area contributed by atoms with Crippen molar-refractivity contribution in [3.8, 4) is 17.2 Å². The lowest BCUT2D eigenvalue weighted by molar-refractivity contribution is -0.119. The molecule has 0 saturated heterocycles. The number of amides is 1. The number of para-hydroxylation sites is 1. The summed E-state index contributed by atoms with van der Waals surface area (Å²) < 4.78 is 21.5. The van der Waals surface area contributed by atoms with E-state index in [-0.39, 0.29) is 5.56 Å². The number of hydrogen-bond donors (Lipinski definition) is 1. The molecule has 1 aliphatic heterocycles. The van der Waals surface area contributed by atoms with Crippen LogP contribution in [0.2, 0.25) is 0 Å². The molecule has 0 saturated carbocycles. The Morgan fingerprint density at radius 1 is 1.17 bits per heavy atom. The van der Waals surface area contributed by atoms with Crippen LogP contribution in [0.25, 0.3) is 0 Å². The van der Waals surface area contributed by atoms with E-state index in [4.69, 9.17) is 18.9 Å². The summed E-state index contributed by atoms with van der Waals surface area (Å²) in [6, 6.07) is 10.6. The van der Waals surface area contributed by atoms with Crippen LogP contribution in [-0.4, -0.2) is 38.8 Å². The largest absolute Gasteiger partial charge is 0.493 e. The fourth-order valence-electron chi connectivity index (χ4n) is 3.05.